The summed E-state index contributed by atoms with van der Waals surface area (Å²) in [6, 6.07) is 4.52. The number of rotatable bonds is 3. The molecule has 1 aromatic heterocycles. The van der Waals surface area contributed by atoms with Gasteiger partial charge in [0.05, 0.1) is 10.9 Å². The van der Waals surface area contributed by atoms with Gasteiger partial charge < -0.3 is 5.32 Å². The van der Waals surface area contributed by atoms with E-state index in [0.29, 0.717) is 9.60 Å². The van der Waals surface area contributed by atoms with E-state index in [2.05, 4.69) is 26.2 Å². The van der Waals surface area contributed by atoms with Crippen LogP contribution >= 0.6 is 27.3 Å². The number of hydrogen-bond acceptors (Lipinski definition) is 3. The van der Waals surface area contributed by atoms with E-state index in [1.54, 1.807) is 18.3 Å². The third-order valence-corrected chi connectivity index (χ3v) is 3.65. The minimum absolute atomic E-state index is 0.164. The molecular formula is C12H10BrFN2OS. The first-order chi connectivity index (χ1) is 8.54. The number of carbonyl (C=O) groups excluding carboxylic acids is 1. The summed E-state index contributed by atoms with van der Waals surface area (Å²) in [6.45, 7) is 1.92. The molecule has 1 heterocycles. The summed E-state index contributed by atoms with van der Waals surface area (Å²) >= 11 is 4.51. The summed E-state index contributed by atoms with van der Waals surface area (Å²) in [5.41, 5.74) is 0.744. The van der Waals surface area contributed by atoms with Crippen molar-refractivity contribution in [1.29, 1.82) is 0 Å². The van der Waals surface area contributed by atoms with Crippen molar-refractivity contribution in [3.05, 3.63) is 45.1 Å². The van der Waals surface area contributed by atoms with Gasteiger partial charge in [-0.1, -0.05) is 6.07 Å². The van der Waals surface area contributed by atoms with Crippen LogP contribution in [0.4, 0.5) is 9.52 Å². The molecule has 1 N–H and O–H groups in total. The lowest BCUT2D eigenvalue weighted by atomic mass is 10.1. The molecule has 2 rings (SSSR count). The van der Waals surface area contributed by atoms with E-state index in [4.69, 9.17) is 0 Å². The third kappa shape index (κ3) is 3.36. The van der Waals surface area contributed by atoms with Gasteiger partial charge in [0.25, 0.3) is 0 Å². The van der Waals surface area contributed by atoms with Crippen LogP contribution in [0.2, 0.25) is 0 Å². The van der Waals surface area contributed by atoms with E-state index in [1.807, 2.05) is 6.92 Å². The van der Waals surface area contributed by atoms with Crippen LogP contribution in [0.15, 0.2) is 28.9 Å². The highest BCUT2D eigenvalue weighted by molar-refractivity contribution is 9.10. The maximum Gasteiger partial charge on any atom is 0.230 e. The number of halogens is 2. The third-order valence-electron chi connectivity index (χ3n) is 2.22. The molecule has 0 unspecified atom stereocenters. The van der Waals surface area contributed by atoms with E-state index in [-0.39, 0.29) is 18.1 Å². The van der Waals surface area contributed by atoms with Crippen LogP contribution in [0, 0.1) is 12.7 Å². The lowest BCUT2D eigenvalue weighted by molar-refractivity contribution is -0.115. The van der Waals surface area contributed by atoms with Gasteiger partial charge in [0.2, 0.25) is 5.91 Å². The monoisotopic (exact) mass is 328 g/mol. The van der Waals surface area contributed by atoms with Crippen molar-refractivity contribution in [2.24, 2.45) is 0 Å². The second kappa shape index (κ2) is 5.58. The number of carbonyl (C=O) groups is 1. The van der Waals surface area contributed by atoms with Gasteiger partial charge in [-0.15, -0.1) is 11.3 Å². The van der Waals surface area contributed by atoms with Crippen LogP contribution in [0.5, 0.6) is 0 Å². The van der Waals surface area contributed by atoms with Gasteiger partial charge >= 0.3 is 0 Å². The Hall–Kier alpha value is -1.27. The van der Waals surface area contributed by atoms with Crippen molar-refractivity contribution < 1.29 is 9.18 Å². The molecule has 94 valence electrons. The summed E-state index contributed by atoms with van der Waals surface area (Å²) < 4.78 is 13.4. The molecular weight excluding hydrogens is 319 g/mol. The fourth-order valence-electron chi connectivity index (χ4n) is 1.41. The van der Waals surface area contributed by atoms with E-state index in [1.165, 1.54) is 17.4 Å². The molecule has 0 radical (unpaired) electrons. The topological polar surface area (TPSA) is 42.0 Å². The fourth-order valence-corrected chi connectivity index (χ4v) is 2.52. The molecule has 18 heavy (non-hydrogen) atoms. The Balaban J connectivity index is 2.00. The number of nitrogens with zero attached hydrogens (tertiary/aromatic N) is 1. The van der Waals surface area contributed by atoms with Gasteiger partial charge in [0.15, 0.2) is 5.13 Å². The second-order valence-electron chi connectivity index (χ2n) is 3.75. The maximum absolute atomic E-state index is 13.0. The van der Waals surface area contributed by atoms with Gasteiger partial charge in [-0.05, 0) is 40.5 Å². The normalized spacial score (nSPS) is 10.4. The van der Waals surface area contributed by atoms with Crippen molar-refractivity contribution in [2.75, 3.05) is 5.32 Å². The second-order valence-corrected chi connectivity index (χ2v) is 5.84. The molecule has 0 saturated carbocycles. The minimum Gasteiger partial charge on any atom is -0.302 e. The summed E-state index contributed by atoms with van der Waals surface area (Å²) in [7, 11) is 0. The van der Waals surface area contributed by atoms with Crippen LogP contribution < -0.4 is 5.32 Å². The Labute approximate surface area is 116 Å². The quantitative estimate of drug-likeness (QED) is 0.936. The molecule has 0 aliphatic carbocycles. The zero-order valence-corrected chi connectivity index (χ0v) is 11.9. The van der Waals surface area contributed by atoms with E-state index in [0.717, 1.165) is 10.4 Å². The highest BCUT2D eigenvalue weighted by Gasteiger charge is 2.08. The number of aryl methyl sites for hydroxylation is 1. The van der Waals surface area contributed by atoms with Crippen molar-refractivity contribution in [3.63, 3.8) is 0 Å². The molecule has 1 amide bonds. The fraction of sp³-hybridized carbons (Fsp3) is 0.167. The van der Waals surface area contributed by atoms with Crippen LogP contribution in [-0.2, 0) is 11.2 Å². The average Bonchev–Trinajstić information content (AvgIpc) is 2.69. The average molecular weight is 329 g/mol. The van der Waals surface area contributed by atoms with Gasteiger partial charge in [-0.2, -0.15) is 0 Å². The van der Waals surface area contributed by atoms with Crippen molar-refractivity contribution in [1.82, 2.24) is 4.98 Å². The smallest absolute Gasteiger partial charge is 0.230 e. The van der Waals surface area contributed by atoms with Crippen molar-refractivity contribution in [2.45, 2.75) is 13.3 Å². The lowest BCUT2D eigenvalue weighted by Crippen LogP contribution is -2.14. The Morgan fingerprint density at radius 1 is 1.56 bits per heavy atom. The largest absolute Gasteiger partial charge is 0.302 e. The van der Waals surface area contributed by atoms with E-state index in [9.17, 15) is 9.18 Å². The number of thiazole rings is 1. The molecule has 0 spiro atoms. The Kier molecular flexibility index (Phi) is 4.08. The zero-order chi connectivity index (χ0) is 13.1. The molecule has 0 fully saturated rings. The van der Waals surface area contributed by atoms with Gasteiger partial charge in [-0.25, -0.2) is 9.37 Å². The van der Waals surface area contributed by atoms with Crippen LogP contribution in [-0.4, -0.2) is 10.9 Å². The number of aromatic nitrogens is 1. The maximum atomic E-state index is 13.0. The molecule has 0 saturated heterocycles. The molecule has 6 heteroatoms. The number of nitrogens with one attached hydrogen (secondary N) is 1. The summed E-state index contributed by atoms with van der Waals surface area (Å²) in [6.07, 6.45) is 1.90. The lowest BCUT2D eigenvalue weighted by Gasteiger charge is -2.03. The first-order valence-electron chi connectivity index (χ1n) is 5.21. The van der Waals surface area contributed by atoms with Crippen LogP contribution in [0.1, 0.15) is 10.4 Å². The highest BCUT2D eigenvalue weighted by Crippen LogP contribution is 2.19. The summed E-state index contributed by atoms with van der Waals surface area (Å²) in [5.74, 6) is -0.502. The van der Waals surface area contributed by atoms with Crippen LogP contribution in [0.25, 0.3) is 0 Å². The van der Waals surface area contributed by atoms with Gasteiger partial charge in [0.1, 0.15) is 5.82 Å². The first-order valence-corrected chi connectivity index (χ1v) is 6.82. The van der Waals surface area contributed by atoms with Crippen molar-refractivity contribution in [3.8, 4) is 0 Å². The Morgan fingerprint density at radius 2 is 2.33 bits per heavy atom. The molecule has 0 aliphatic heterocycles. The summed E-state index contributed by atoms with van der Waals surface area (Å²) in [5, 5.41) is 3.29. The Bertz CT molecular complexity index is 585. The SMILES string of the molecule is Cc1cnc(NC(=O)Cc2ccc(F)c(Br)c2)s1. The number of benzene rings is 1. The van der Waals surface area contributed by atoms with Crippen LogP contribution in [0.3, 0.4) is 0 Å². The molecule has 2 aromatic rings. The van der Waals surface area contributed by atoms with Gasteiger partial charge in [-0.3, -0.25) is 4.79 Å². The molecule has 0 atom stereocenters. The summed E-state index contributed by atoms with van der Waals surface area (Å²) in [4.78, 5) is 16.8. The number of hydrogen-bond donors (Lipinski definition) is 1. The standard InChI is InChI=1S/C12H10BrFN2OS/c1-7-6-15-12(18-7)16-11(17)5-8-2-3-10(14)9(13)4-8/h2-4,6H,5H2,1H3,(H,15,16,17). The van der Waals surface area contributed by atoms with Gasteiger partial charge in [0, 0.05) is 11.1 Å². The highest BCUT2D eigenvalue weighted by atomic mass is 79.9. The molecule has 0 bridgehead atoms. The molecule has 1 aromatic carbocycles. The minimum atomic E-state index is -0.338. The van der Waals surface area contributed by atoms with E-state index < -0.39 is 0 Å². The molecule has 3 nitrogen and oxygen atoms in total. The predicted molar refractivity (Wildman–Crippen MR) is 73.3 cm³/mol. The number of anilines is 1. The Morgan fingerprint density at radius 3 is 2.94 bits per heavy atom. The predicted octanol–water partition coefficient (Wildman–Crippen LogP) is 3.53. The zero-order valence-electron chi connectivity index (χ0n) is 9.54. The van der Waals surface area contributed by atoms with E-state index >= 15 is 0 Å². The number of amides is 1. The van der Waals surface area contributed by atoms with Crippen molar-refractivity contribution >= 4 is 38.3 Å². The first kappa shape index (κ1) is 13.2. The molecule has 0 aliphatic rings.